The molecule has 0 saturated heterocycles. The molecule has 3 rings (SSSR count). The molecule has 1 saturated carbocycles. The minimum absolute atomic E-state index is 0.560. The van der Waals surface area contributed by atoms with E-state index in [2.05, 4.69) is 41.6 Å². The normalized spacial score (nSPS) is 24.5. The minimum Gasteiger partial charge on any atom is -0.331 e. The largest absolute Gasteiger partial charge is 0.331 e. The van der Waals surface area contributed by atoms with Gasteiger partial charge in [0.05, 0.1) is 11.0 Å². The van der Waals surface area contributed by atoms with Gasteiger partial charge in [0.1, 0.15) is 0 Å². The van der Waals surface area contributed by atoms with Crippen LogP contribution in [0.3, 0.4) is 0 Å². The van der Waals surface area contributed by atoms with E-state index in [-0.39, 0.29) is 0 Å². The van der Waals surface area contributed by atoms with Gasteiger partial charge in [-0.15, -0.1) is 0 Å². The number of fused-ring (bicyclic) bond motifs is 1. The Kier molecular flexibility index (Phi) is 3.48. The second kappa shape index (κ2) is 5.12. The van der Waals surface area contributed by atoms with E-state index in [1.807, 2.05) is 0 Å². The Morgan fingerprint density at radius 1 is 1.21 bits per heavy atom. The number of aromatic amines is 1. The molecule has 0 bridgehead atoms. The molecule has 0 aliphatic heterocycles. The van der Waals surface area contributed by atoms with E-state index < -0.39 is 0 Å². The van der Waals surface area contributed by atoms with Crippen LogP contribution in [0.2, 0.25) is 0 Å². The molecule has 1 N–H and O–H groups in total. The second-order valence-electron chi connectivity index (χ2n) is 5.95. The minimum atomic E-state index is 0.560. The maximum absolute atomic E-state index is 5.60. The molecule has 2 nitrogen and oxygen atoms in total. The van der Waals surface area contributed by atoms with Crippen molar-refractivity contribution in [1.82, 2.24) is 9.55 Å². The summed E-state index contributed by atoms with van der Waals surface area (Å²) in [4.78, 5) is 3.38. The molecule has 1 fully saturated rings. The van der Waals surface area contributed by atoms with Gasteiger partial charge < -0.3 is 9.55 Å². The Morgan fingerprint density at radius 3 is 2.84 bits per heavy atom. The number of rotatable bonds is 1. The van der Waals surface area contributed by atoms with Gasteiger partial charge in [-0.3, -0.25) is 0 Å². The molecule has 1 aromatic carbocycles. The first kappa shape index (κ1) is 12.9. The van der Waals surface area contributed by atoms with Crippen molar-refractivity contribution in [3.8, 4) is 0 Å². The Labute approximate surface area is 119 Å². The fourth-order valence-corrected chi connectivity index (χ4v) is 3.87. The number of H-pyrrole nitrogens is 1. The zero-order valence-corrected chi connectivity index (χ0v) is 12.6. The van der Waals surface area contributed by atoms with Gasteiger partial charge in [-0.2, -0.15) is 0 Å². The van der Waals surface area contributed by atoms with Crippen LogP contribution >= 0.6 is 12.2 Å². The van der Waals surface area contributed by atoms with Crippen LogP contribution in [0.15, 0.2) is 18.2 Å². The number of aryl methyl sites for hydroxylation is 1. The van der Waals surface area contributed by atoms with Gasteiger partial charge in [0.15, 0.2) is 4.77 Å². The molecule has 2 unspecified atom stereocenters. The summed E-state index contributed by atoms with van der Waals surface area (Å²) >= 11 is 5.60. The molecule has 102 valence electrons. The Bertz CT molecular complexity index is 638. The van der Waals surface area contributed by atoms with Crippen molar-refractivity contribution in [2.24, 2.45) is 5.92 Å². The second-order valence-corrected chi connectivity index (χ2v) is 6.34. The lowest BCUT2D eigenvalue weighted by Gasteiger charge is -2.24. The van der Waals surface area contributed by atoms with Crippen LogP contribution in [-0.4, -0.2) is 9.55 Å². The van der Waals surface area contributed by atoms with Crippen molar-refractivity contribution in [2.45, 2.75) is 52.0 Å². The summed E-state index contributed by atoms with van der Waals surface area (Å²) in [5.41, 5.74) is 3.81. The first-order valence-corrected chi connectivity index (χ1v) is 7.79. The van der Waals surface area contributed by atoms with E-state index in [1.54, 1.807) is 0 Å². The lowest BCUT2D eigenvalue weighted by Crippen LogP contribution is -2.16. The highest BCUT2D eigenvalue weighted by Crippen LogP contribution is 2.35. The average Bonchev–Trinajstić information content (AvgIpc) is 2.57. The molecule has 1 heterocycles. The number of hydrogen-bond donors (Lipinski definition) is 1. The van der Waals surface area contributed by atoms with Crippen molar-refractivity contribution in [3.63, 3.8) is 0 Å². The van der Waals surface area contributed by atoms with Crippen LogP contribution in [0.4, 0.5) is 0 Å². The molecule has 1 aliphatic rings. The Hall–Kier alpha value is -1.09. The van der Waals surface area contributed by atoms with Crippen molar-refractivity contribution in [3.05, 3.63) is 28.5 Å². The first-order valence-electron chi connectivity index (χ1n) is 7.38. The summed E-state index contributed by atoms with van der Waals surface area (Å²) < 4.78 is 3.29. The van der Waals surface area contributed by atoms with E-state index in [0.717, 1.165) is 4.77 Å². The third-order valence-electron chi connectivity index (χ3n) is 4.59. The zero-order valence-electron chi connectivity index (χ0n) is 11.8. The van der Waals surface area contributed by atoms with Gasteiger partial charge in [0, 0.05) is 6.04 Å². The Morgan fingerprint density at radius 2 is 2.00 bits per heavy atom. The average molecular weight is 274 g/mol. The Balaban J connectivity index is 2.18. The monoisotopic (exact) mass is 274 g/mol. The number of benzene rings is 1. The van der Waals surface area contributed by atoms with E-state index in [0.29, 0.717) is 12.0 Å². The standard InChI is InChI=1S/C16H22N2S/c1-11-7-4-3-5-10-14(11)18-15-12(2)8-6-9-13(15)17-16(18)19/h6,8-9,11,14H,3-5,7,10H2,1-2H3,(H,17,19). The highest BCUT2D eigenvalue weighted by molar-refractivity contribution is 7.71. The number of nitrogens with zero attached hydrogens (tertiary/aromatic N) is 1. The number of nitrogens with one attached hydrogen (secondary N) is 1. The number of aromatic nitrogens is 2. The summed E-state index contributed by atoms with van der Waals surface area (Å²) in [7, 11) is 0. The molecule has 0 radical (unpaired) electrons. The lowest BCUT2D eigenvalue weighted by atomic mass is 9.96. The molecule has 0 spiro atoms. The molecular formula is C16H22N2S. The molecule has 0 amide bonds. The van der Waals surface area contributed by atoms with Crippen LogP contribution in [0.1, 0.15) is 50.6 Å². The molecule has 3 heteroatoms. The summed E-state index contributed by atoms with van der Waals surface area (Å²) in [5.74, 6) is 0.716. The topological polar surface area (TPSA) is 20.7 Å². The van der Waals surface area contributed by atoms with Crippen molar-refractivity contribution in [2.75, 3.05) is 0 Å². The van der Waals surface area contributed by atoms with E-state index >= 15 is 0 Å². The van der Waals surface area contributed by atoms with Gasteiger partial charge in [0.25, 0.3) is 0 Å². The SMILES string of the molecule is Cc1cccc2[nH]c(=S)n(C3CCCCCC3C)c12. The van der Waals surface area contributed by atoms with Crippen LogP contribution < -0.4 is 0 Å². The van der Waals surface area contributed by atoms with E-state index in [4.69, 9.17) is 12.2 Å². The molecule has 19 heavy (non-hydrogen) atoms. The van der Waals surface area contributed by atoms with E-state index in [9.17, 15) is 0 Å². The molecule has 2 aromatic rings. The van der Waals surface area contributed by atoms with E-state index in [1.165, 1.54) is 48.7 Å². The van der Waals surface area contributed by atoms with Gasteiger partial charge in [-0.1, -0.05) is 38.3 Å². The first-order chi connectivity index (χ1) is 9.18. The number of para-hydroxylation sites is 1. The summed E-state index contributed by atoms with van der Waals surface area (Å²) in [6.07, 6.45) is 6.65. The highest BCUT2D eigenvalue weighted by Gasteiger charge is 2.24. The smallest absolute Gasteiger partial charge is 0.178 e. The van der Waals surface area contributed by atoms with Gasteiger partial charge >= 0.3 is 0 Å². The van der Waals surface area contributed by atoms with Gasteiger partial charge in [-0.05, 0) is 49.5 Å². The summed E-state index contributed by atoms with van der Waals surface area (Å²) in [5, 5.41) is 0. The summed E-state index contributed by atoms with van der Waals surface area (Å²) in [6, 6.07) is 6.98. The summed E-state index contributed by atoms with van der Waals surface area (Å²) in [6.45, 7) is 4.57. The zero-order chi connectivity index (χ0) is 13.4. The third kappa shape index (κ3) is 2.25. The maximum Gasteiger partial charge on any atom is 0.178 e. The molecule has 1 aromatic heterocycles. The number of imidazole rings is 1. The predicted octanol–water partition coefficient (Wildman–Crippen LogP) is 5.15. The molecule has 1 aliphatic carbocycles. The van der Waals surface area contributed by atoms with Crippen LogP contribution in [0.5, 0.6) is 0 Å². The van der Waals surface area contributed by atoms with Crippen LogP contribution in [-0.2, 0) is 0 Å². The quantitative estimate of drug-likeness (QED) is 0.563. The molecular weight excluding hydrogens is 252 g/mol. The number of hydrogen-bond acceptors (Lipinski definition) is 1. The fourth-order valence-electron chi connectivity index (χ4n) is 3.53. The third-order valence-corrected chi connectivity index (χ3v) is 4.89. The lowest BCUT2D eigenvalue weighted by molar-refractivity contribution is 0.337. The van der Waals surface area contributed by atoms with Crippen LogP contribution in [0.25, 0.3) is 11.0 Å². The molecule has 2 atom stereocenters. The highest BCUT2D eigenvalue weighted by atomic mass is 32.1. The van der Waals surface area contributed by atoms with Gasteiger partial charge in [0.2, 0.25) is 0 Å². The van der Waals surface area contributed by atoms with Crippen LogP contribution in [0, 0.1) is 17.6 Å². The van der Waals surface area contributed by atoms with Crippen molar-refractivity contribution in [1.29, 1.82) is 0 Å². The predicted molar refractivity (Wildman–Crippen MR) is 83.1 cm³/mol. The van der Waals surface area contributed by atoms with Gasteiger partial charge in [-0.25, -0.2) is 0 Å². The maximum atomic E-state index is 5.60. The van der Waals surface area contributed by atoms with Crippen molar-refractivity contribution >= 4 is 23.3 Å². The fraction of sp³-hybridized carbons (Fsp3) is 0.562. The van der Waals surface area contributed by atoms with Crippen molar-refractivity contribution < 1.29 is 0 Å².